The summed E-state index contributed by atoms with van der Waals surface area (Å²) >= 11 is 0. The standard InChI is InChI=1S/C27H30N2O5/c30-25(31)14-24(26(32)28-23-13-16-7-1-2-8-17(16)23)29-27(33)34-15-22-20-11-5-3-9-18(20)19-10-4-6-12-21(19)22/h3-6,9-12,16-17,22-24H,1-2,7-8,13-15H2,(H,28,32)(H,29,33)(H,30,31). The number of benzene rings is 2. The Hall–Kier alpha value is -3.35. The predicted octanol–water partition coefficient (Wildman–Crippen LogP) is 4.06. The fourth-order valence-corrected chi connectivity index (χ4v) is 5.98. The van der Waals surface area contributed by atoms with Gasteiger partial charge < -0.3 is 20.5 Å². The summed E-state index contributed by atoms with van der Waals surface area (Å²) in [6, 6.07) is 15.0. The van der Waals surface area contributed by atoms with E-state index in [1.54, 1.807) is 0 Å². The molecule has 7 heteroatoms. The number of fused-ring (bicyclic) bond motifs is 4. The Morgan fingerprint density at radius 2 is 1.62 bits per heavy atom. The lowest BCUT2D eigenvalue weighted by atomic mass is 9.62. The summed E-state index contributed by atoms with van der Waals surface area (Å²) in [5, 5.41) is 14.8. The fraction of sp³-hybridized carbons (Fsp3) is 0.444. The molecule has 0 radical (unpaired) electrons. The second-order valence-electron chi connectivity index (χ2n) is 9.68. The molecular weight excluding hydrogens is 432 g/mol. The lowest BCUT2D eigenvalue weighted by Crippen LogP contribution is -2.58. The maximum Gasteiger partial charge on any atom is 0.407 e. The number of carbonyl (C=O) groups is 3. The van der Waals surface area contributed by atoms with Crippen LogP contribution in [-0.4, -0.2) is 41.8 Å². The van der Waals surface area contributed by atoms with E-state index in [1.807, 2.05) is 36.4 Å². The third-order valence-corrected chi connectivity index (χ3v) is 7.70. The summed E-state index contributed by atoms with van der Waals surface area (Å²) in [6.45, 7) is 0.105. The third kappa shape index (κ3) is 4.39. The van der Waals surface area contributed by atoms with Crippen LogP contribution in [0.2, 0.25) is 0 Å². The quantitative estimate of drug-likeness (QED) is 0.576. The predicted molar refractivity (Wildman–Crippen MR) is 126 cm³/mol. The smallest absolute Gasteiger partial charge is 0.407 e. The summed E-state index contributed by atoms with van der Waals surface area (Å²) in [7, 11) is 0. The molecule has 3 N–H and O–H groups in total. The second kappa shape index (κ2) is 9.49. The van der Waals surface area contributed by atoms with Crippen LogP contribution >= 0.6 is 0 Å². The molecule has 178 valence electrons. The number of carboxylic acids is 1. The van der Waals surface area contributed by atoms with Gasteiger partial charge in [0, 0.05) is 12.0 Å². The van der Waals surface area contributed by atoms with Crippen LogP contribution in [0.25, 0.3) is 11.1 Å². The summed E-state index contributed by atoms with van der Waals surface area (Å²) in [5.74, 6) is -0.582. The van der Waals surface area contributed by atoms with E-state index in [1.165, 1.54) is 19.3 Å². The average Bonchev–Trinajstić information content (AvgIpc) is 3.14. The molecule has 2 saturated carbocycles. The highest BCUT2D eigenvalue weighted by Gasteiger charge is 2.43. The van der Waals surface area contributed by atoms with Gasteiger partial charge >= 0.3 is 12.1 Å². The lowest BCUT2D eigenvalue weighted by molar-refractivity contribution is -0.140. The summed E-state index contributed by atoms with van der Waals surface area (Å²) < 4.78 is 5.51. The number of alkyl carbamates (subject to hydrolysis) is 1. The van der Waals surface area contributed by atoms with Crippen molar-refractivity contribution in [2.75, 3.05) is 6.61 Å². The Bertz CT molecular complexity index is 1050. The topological polar surface area (TPSA) is 105 Å². The molecule has 0 aromatic heterocycles. The number of hydrogen-bond donors (Lipinski definition) is 3. The Morgan fingerprint density at radius 3 is 2.26 bits per heavy atom. The Balaban J connectivity index is 1.21. The second-order valence-corrected chi connectivity index (χ2v) is 9.68. The van der Waals surface area contributed by atoms with Crippen LogP contribution < -0.4 is 10.6 Å². The molecule has 0 spiro atoms. The number of hydrogen-bond acceptors (Lipinski definition) is 4. The molecule has 0 bridgehead atoms. The molecule has 3 aliphatic carbocycles. The van der Waals surface area contributed by atoms with Gasteiger partial charge in [-0.05, 0) is 46.9 Å². The van der Waals surface area contributed by atoms with Crippen LogP contribution in [-0.2, 0) is 14.3 Å². The maximum atomic E-state index is 12.8. The van der Waals surface area contributed by atoms with E-state index in [4.69, 9.17) is 4.74 Å². The molecule has 2 aromatic rings. The number of aliphatic carboxylic acids is 1. The van der Waals surface area contributed by atoms with Crippen molar-refractivity contribution in [1.82, 2.24) is 10.6 Å². The number of amides is 2. The Labute approximate surface area is 198 Å². The highest BCUT2D eigenvalue weighted by Crippen LogP contribution is 2.45. The summed E-state index contributed by atoms with van der Waals surface area (Å²) in [4.78, 5) is 36.8. The molecule has 0 heterocycles. The van der Waals surface area contributed by atoms with Crippen LogP contribution in [0.5, 0.6) is 0 Å². The molecular formula is C27H30N2O5. The van der Waals surface area contributed by atoms with Crippen molar-refractivity contribution in [1.29, 1.82) is 0 Å². The maximum absolute atomic E-state index is 12.8. The van der Waals surface area contributed by atoms with Crippen molar-refractivity contribution >= 4 is 18.0 Å². The fourth-order valence-electron chi connectivity index (χ4n) is 5.98. The zero-order valence-electron chi connectivity index (χ0n) is 19.0. The van der Waals surface area contributed by atoms with Crippen molar-refractivity contribution in [3.05, 3.63) is 59.7 Å². The minimum absolute atomic E-state index is 0.0680. The highest BCUT2D eigenvalue weighted by molar-refractivity contribution is 5.89. The largest absolute Gasteiger partial charge is 0.481 e. The van der Waals surface area contributed by atoms with Crippen LogP contribution in [0.3, 0.4) is 0 Å². The zero-order chi connectivity index (χ0) is 23.7. The Morgan fingerprint density at radius 1 is 0.971 bits per heavy atom. The monoisotopic (exact) mass is 462 g/mol. The van der Waals surface area contributed by atoms with Gasteiger partial charge in [-0.25, -0.2) is 4.79 Å². The van der Waals surface area contributed by atoms with E-state index in [-0.39, 0.29) is 18.6 Å². The first kappa shape index (κ1) is 22.4. The number of ether oxygens (including phenoxy) is 1. The minimum Gasteiger partial charge on any atom is -0.481 e. The Kier molecular flexibility index (Phi) is 6.26. The van der Waals surface area contributed by atoms with E-state index < -0.39 is 30.4 Å². The summed E-state index contributed by atoms with van der Waals surface area (Å²) in [6.07, 6.45) is 4.37. The van der Waals surface area contributed by atoms with Gasteiger partial charge in [0.05, 0.1) is 6.42 Å². The van der Waals surface area contributed by atoms with Gasteiger partial charge in [0.25, 0.3) is 0 Å². The van der Waals surface area contributed by atoms with E-state index in [2.05, 4.69) is 22.8 Å². The zero-order valence-corrected chi connectivity index (χ0v) is 19.0. The average molecular weight is 463 g/mol. The van der Waals surface area contributed by atoms with E-state index in [0.29, 0.717) is 11.8 Å². The van der Waals surface area contributed by atoms with Gasteiger partial charge in [0.2, 0.25) is 5.91 Å². The van der Waals surface area contributed by atoms with Gasteiger partial charge in [-0.2, -0.15) is 0 Å². The molecule has 4 atom stereocenters. The molecule has 4 unspecified atom stereocenters. The van der Waals surface area contributed by atoms with E-state index in [9.17, 15) is 19.5 Å². The molecule has 0 aliphatic heterocycles. The number of nitrogens with one attached hydrogen (secondary N) is 2. The molecule has 5 rings (SSSR count). The van der Waals surface area contributed by atoms with Crippen molar-refractivity contribution in [3.8, 4) is 11.1 Å². The third-order valence-electron chi connectivity index (χ3n) is 7.70. The molecule has 2 amide bonds. The molecule has 7 nitrogen and oxygen atoms in total. The van der Waals surface area contributed by atoms with Crippen molar-refractivity contribution in [3.63, 3.8) is 0 Å². The van der Waals surface area contributed by atoms with Gasteiger partial charge in [0.1, 0.15) is 12.6 Å². The van der Waals surface area contributed by atoms with Gasteiger partial charge in [-0.1, -0.05) is 67.8 Å². The number of carboxylic acid groups (broad SMARTS) is 1. The van der Waals surface area contributed by atoms with Crippen molar-refractivity contribution < 1.29 is 24.2 Å². The minimum atomic E-state index is -1.17. The molecule has 2 fully saturated rings. The van der Waals surface area contributed by atoms with Crippen LogP contribution in [0.1, 0.15) is 55.6 Å². The summed E-state index contributed by atoms with van der Waals surface area (Å²) in [5.41, 5.74) is 4.42. The first-order valence-corrected chi connectivity index (χ1v) is 12.1. The number of carbonyl (C=O) groups excluding carboxylic acids is 2. The normalized spacial score (nSPS) is 23.5. The molecule has 3 aliphatic rings. The molecule has 34 heavy (non-hydrogen) atoms. The van der Waals surface area contributed by atoms with Gasteiger partial charge in [0.15, 0.2) is 0 Å². The van der Waals surface area contributed by atoms with Crippen LogP contribution in [0, 0.1) is 11.8 Å². The first-order chi connectivity index (χ1) is 16.5. The van der Waals surface area contributed by atoms with Crippen LogP contribution in [0.15, 0.2) is 48.5 Å². The SMILES string of the molecule is O=C(O)CC(NC(=O)OCC1c2ccccc2-c2ccccc21)C(=O)NC1CC2CCCCC21. The van der Waals surface area contributed by atoms with Crippen LogP contribution in [0.4, 0.5) is 4.79 Å². The first-order valence-electron chi connectivity index (χ1n) is 12.1. The van der Waals surface area contributed by atoms with E-state index in [0.717, 1.165) is 35.1 Å². The highest BCUT2D eigenvalue weighted by atomic mass is 16.5. The van der Waals surface area contributed by atoms with Crippen molar-refractivity contribution in [2.24, 2.45) is 11.8 Å². The number of rotatable bonds is 7. The van der Waals surface area contributed by atoms with E-state index >= 15 is 0 Å². The van der Waals surface area contributed by atoms with Gasteiger partial charge in [-0.3, -0.25) is 9.59 Å². The van der Waals surface area contributed by atoms with Crippen molar-refractivity contribution in [2.45, 2.75) is 56.5 Å². The van der Waals surface area contributed by atoms with Gasteiger partial charge in [-0.15, -0.1) is 0 Å². The lowest BCUT2D eigenvalue weighted by Gasteiger charge is -2.48. The molecule has 2 aromatic carbocycles. The molecule has 0 saturated heterocycles.